The van der Waals surface area contributed by atoms with E-state index in [-0.39, 0.29) is 6.04 Å². The summed E-state index contributed by atoms with van der Waals surface area (Å²) < 4.78 is 0. The largest absolute Gasteiger partial charge is 0.328 e. The third-order valence-corrected chi connectivity index (χ3v) is 4.90. The number of aryl methyl sites for hydroxylation is 2. The van der Waals surface area contributed by atoms with E-state index >= 15 is 0 Å². The second-order valence-electron chi connectivity index (χ2n) is 8.19. The molecule has 1 fully saturated rings. The molecule has 0 aromatic heterocycles. The monoisotopic (exact) mass is 331 g/mol. The van der Waals surface area contributed by atoms with Crippen molar-refractivity contribution in [2.75, 3.05) is 5.32 Å². The highest BCUT2D eigenvalue weighted by Gasteiger charge is 2.48. The van der Waals surface area contributed by atoms with E-state index < -0.39 is 22.9 Å². The van der Waals surface area contributed by atoms with E-state index in [9.17, 15) is 9.59 Å². The van der Waals surface area contributed by atoms with Crippen LogP contribution in [0.2, 0.25) is 0 Å². The third kappa shape index (κ3) is 3.61. The van der Waals surface area contributed by atoms with Gasteiger partial charge < -0.3 is 16.0 Å². The molecular formula is C19H29N3O2. The van der Waals surface area contributed by atoms with Crippen LogP contribution in [0.4, 0.5) is 5.69 Å². The van der Waals surface area contributed by atoms with Crippen LogP contribution >= 0.6 is 0 Å². The topological polar surface area (TPSA) is 75.4 Å². The third-order valence-electron chi connectivity index (χ3n) is 4.90. The maximum absolute atomic E-state index is 12.9. The predicted octanol–water partition coefficient (Wildman–Crippen LogP) is 2.75. The number of benzene rings is 1. The Morgan fingerprint density at radius 2 is 1.62 bits per heavy atom. The van der Waals surface area contributed by atoms with Crippen molar-refractivity contribution >= 4 is 17.5 Å². The van der Waals surface area contributed by atoms with Gasteiger partial charge in [0.1, 0.15) is 0 Å². The van der Waals surface area contributed by atoms with Crippen LogP contribution in [0.15, 0.2) is 18.2 Å². The first-order valence-electron chi connectivity index (χ1n) is 8.42. The van der Waals surface area contributed by atoms with E-state index in [0.717, 1.165) is 11.1 Å². The Balaban J connectivity index is 2.22. The summed E-state index contributed by atoms with van der Waals surface area (Å²) in [5.74, 6) is -1.11. The molecule has 0 radical (unpaired) electrons. The Bertz CT molecular complexity index is 647. The smallest absolute Gasteiger partial charge is 0.313 e. The van der Waals surface area contributed by atoms with Gasteiger partial charge in [-0.1, -0.05) is 6.07 Å². The summed E-state index contributed by atoms with van der Waals surface area (Å²) >= 11 is 0. The molecule has 1 saturated heterocycles. The quantitative estimate of drug-likeness (QED) is 0.777. The molecule has 5 nitrogen and oxygen atoms in total. The molecule has 0 unspecified atom stereocenters. The number of anilines is 1. The fourth-order valence-electron chi connectivity index (χ4n) is 4.01. The fourth-order valence-corrected chi connectivity index (χ4v) is 4.01. The number of hydrogen-bond acceptors (Lipinski definition) is 3. The minimum atomic E-state index is -0.602. The summed E-state index contributed by atoms with van der Waals surface area (Å²) in [6.45, 7) is 11.9. The maximum atomic E-state index is 12.9. The first-order chi connectivity index (χ1) is 10.9. The van der Waals surface area contributed by atoms with Crippen LogP contribution in [0.1, 0.15) is 51.7 Å². The van der Waals surface area contributed by atoms with Gasteiger partial charge >= 0.3 is 11.8 Å². The van der Waals surface area contributed by atoms with Gasteiger partial charge in [0.05, 0.1) is 0 Å². The van der Waals surface area contributed by atoms with Gasteiger partial charge in [-0.05, 0) is 77.6 Å². The van der Waals surface area contributed by atoms with Crippen LogP contribution in [-0.4, -0.2) is 33.8 Å². The Labute approximate surface area is 144 Å². The normalized spacial score (nSPS) is 19.9. The van der Waals surface area contributed by atoms with Gasteiger partial charge in [-0.3, -0.25) is 9.59 Å². The van der Waals surface area contributed by atoms with Crippen molar-refractivity contribution in [1.29, 1.82) is 0 Å². The van der Waals surface area contributed by atoms with Gasteiger partial charge in [0.2, 0.25) is 0 Å². The zero-order valence-corrected chi connectivity index (χ0v) is 15.6. The molecule has 0 atom stereocenters. The van der Waals surface area contributed by atoms with Crippen molar-refractivity contribution in [2.45, 2.75) is 71.5 Å². The molecule has 3 N–H and O–H groups in total. The number of amides is 2. The Morgan fingerprint density at radius 3 is 2.12 bits per heavy atom. The van der Waals surface area contributed by atoms with Gasteiger partial charge in [0, 0.05) is 22.8 Å². The van der Waals surface area contributed by atoms with Crippen LogP contribution in [0.25, 0.3) is 0 Å². The summed E-state index contributed by atoms with van der Waals surface area (Å²) in [7, 11) is 0. The zero-order chi connectivity index (χ0) is 18.3. The second-order valence-corrected chi connectivity index (χ2v) is 8.19. The molecular weight excluding hydrogens is 302 g/mol. The molecule has 1 aromatic rings. The number of rotatable bonds is 1. The van der Waals surface area contributed by atoms with Gasteiger partial charge in [-0.25, -0.2) is 0 Å². The number of nitrogens with one attached hydrogen (secondary N) is 1. The molecule has 0 aliphatic carbocycles. The van der Waals surface area contributed by atoms with Crippen LogP contribution in [0.5, 0.6) is 0 Å². The summed E-state index contributed by atoms with van der Waals surface area (Å²) in [6.07, 6.45) is 1.36. The lowest BCUT2D eigenvalue weighted by Crippen LogP contribution is -2.66. The molecule has 132 valence electrons. The molecule has 0 saturated carbocycles. The molecule has 1 heterocycles. The number of carbonyl (C=O) groups excluding carboxylic acids is 2. The predicted molar refractivity (Wildman–Crippen MR) is 96.8 cm³/mol. The van der Waals surface area contributed by atoms with Gasteiger partial charge in [-0.15, -0.1) is 0 Å². The number of piperidine rings is 1. The lowest BCUT2D eigenvalue weighted by Gasteiger charge is -2.54. The Kier molecular flexibility index (Phi) is 4.77. The molecule has 5 heteroatoms. The van der Waals surface area contributed by atoms with Crippen LogP contribution in [0, 0.1) is 13.8 Å². The summed E-state index contributed by atoms with van der Waals surface area (Å²) in [5.41, 5.74) is 8.08. The lowest BCUT2D eigenvalue weighted by atomic mass is 9.77. The molecule has 2 rings (SSSR count). The van der Waals surface area contributed by atoms with Gasteiger partial charge in [-0.2, -0.15) is 0 Å². The van der Waals surface area contributed by atoms with Crippen LogP contribution < -0.4 is 11.1 Å². The minimum absolute atomic E-state index is 0.0295. The first kappa shape index (κ1) is 18.5. The maximum Gasteiger partial charge on any atom is 0.313 e. The Morgan fingerprint density at radius 1 is 1.08 bits per heavy atom. The van der Waals surface area contributed by atoms with Crippen LogP contribution in [0.3, 0.4) is 0 Å². The molecule has 24 heavy (non-hydrogen) atoms. The van der Waals surface area contributed by atoms with Crippen molar-refractivity contribution < 1.29 is 9.59 Å². The van der Waals surface area contributed by atoms with Gasteiger partial charge in [0.25, 0.3) is 0 Å². The molecule has 1 aromatic carbocycles. The van der Waals surface area contributed by atoms with Crippen molar-refractivity contribution in [3.63, 3.8) is 0 Å². The average Bonchev–Trinajstić information content (AvgIpc) is 2.39. The van der Waals surface area contributed by atoms with Crippen molar-refractivity contribution in [2.24, 2.45) is 5.73 Å². The number of likely N-dealkylation sites (tertiary alicyclic amines) is 1. The number of carbonyl (C=O) groups is 2. The zero-order valence-electron chi connectivity index (χ0n) is 15.6. The summed E-state index contributed by atoms with van der Waals surface area (Å²) in [4.78, 5) is 27.1. The van der Waals surface area contributed by atoms with E-state index in [2.05, 4.69) is 5.32 Å². The van der Waals surface area contributed by atoms with E-state index in [4.69, 9.17) is 5.73 Å². The molecule has 0 bridgehead atoms. The summed E-state index contributed by atoms with van der Waals surface area (Å²) in [6, 6.07) is 5.66. The Hall–Kier alpha value is -1.88. The number of nitrogens with zero attached hydrogens (tertiary/aromatic N) is 1. The second kappa shape index (κ2) is 6.20. The SMILES string of the molecule is Cc1ccc(NC(=O)C(=O)N2C(C)(C)CC(N)CC2(C)C)cc1C. The van der Waals surface area contributed by atoms with E-state index in [1.54, 1.807) is 4.90 Å². The van der Waals surface area contributed by atoms with Crippen molar-refractivity contribution in [1.82, 2.24) is 4.90 Å². The van der Waals surface area contributed by atoms with E-state index in [1.807, 2.05) is 59.7 Å². The van der Waals surface area contributed by atoms with Gasteiger partial charge in [0.15, 0.2) is 0 Å². The number of nitrogens with two attached hydrogens (primary N) is 1. The highest BCUT2D eigenvalue weighted by molar-refractivity contribution is 6.39. The van der Waals surface area contributed by atoms with E-state index in [1.165, 1.54) is 0 Å². The van der Waals surface area contributed by atoms with E-state index in [0.29, 0.717) is 18.5 Å². The summed E-state index contributed by atoms with van der Waals surface area (Å²) in [5, 5.41) is 2.73. The minimum Gasteiger partial charge on any atom is -0.328 e. The number of hydrogen-bond donors (Lipinski definition) is 2. The standard InChI is InChI=1S/C19H29N3O2/c1-12-7-8-15(9-13(12)2)21-16(23)17(24)22-18(3,4)10-14(20)11-19(22,5)6/h7-9,14H,10-11,20H2,1-6H3,(H,21,23). The van der Waals surface area contributed by atoms with Crippen molar-refractivity contribution in [3.05, 3.63) is 29.3 Å². The highest BCUT2D eigenvalue weighted by atomic mass is 16.2. The van der Waals surface area contributed by atoms with Crippen LogP contribution in [-0.2, 0) is 9.59 Å². The molecule has 1 aliphatic rings. The average molecular weight is 331 g/mol. The molecule has 2 amide bonds. The van der Waals surface area contributed by atoms with Crippen molar-refractivity contribution in [3.8, 4) is 0 Å². The lowest BCUT2D eigenvalue weighted by molar-refractivity contribution is -0.156. The molecule has 0 spiro atoms. The highest BCUT2D eigenvalue weighted by Crippen LogP contribution is 2.37. The first-order valence-corrected chi connectivity index (χ1v) is 8.42. The fraction of sp³-hybridized carbons (Fsp3) is 0.579. The molecule has 1 aliphatic heterocycles.